The van der Waals surface area contributed by atoms with Gasteiger partial charge in [0.2, 0.25) is 5.91 Å². The van der Waals surface area contributed by atoms with Gasteiger partial charge >= 0.3 is 0 Å². The Bertz CT molecular complexity index is 181. The molecule has 0 spiro atoms. The molecule has 1 saturated carbocycles. The van der Waals surface area contributed by atoms with Crippen molar-refractivity contribution in [3.63, 3.8) is 0 Å². The fourth-order valence-corrected chi connectivity index (χ4v) is 2.56. The predicted octanol–water partition coefficient (Wildman–Crippen LogP) is -0.139. The second-order valence-electron chi connectivity index (χ2n) is 3.74. The Morgan fingerprint density at radius 1 is 1.64 bits per heavy atom. The zero-order valence-corrected chi connectivity index (χ0v) is 6.60. The predicted molar refractivity (Wildman–Crippen MR) is 41.8 cm³/mol. The monoisotopic (exact) mass is 154 g/mol. The highest BCUT2D eigenvalue weighted by atomic mass is 16.1. The third-order valence-corrected chi connectivity index (χ3v) is 3.28. The lowest BCUT2D eigenvalue weighted by Crippen LogP contribution is -2.40. The van der Waals surface area contributed by atoms with Crippen molar-refractivity contribution in [3.8, 4) is 0 Å². The van der Waals surface area contributed by atoms with E-state index in [4.69, 9.17) is 5.73 Å². The van der Waals surface area contributed by atoms with Crippen LogP contribution in [0.3, 0.4) is 0 Å². The Hall–Kier alpha value is -0.570. The fourth-order valence-electron chi connectivity index (χ4n) is 2.56. The van der Waals surface area contributed by atoms with E-state index in [1.807, 2.05) is 0 Å². The van der Waals surface area contributed by atoms with Gasteiger partial charge in [-0.15, -0.1) is 0 Å². The van der Waals surface area contributed by atoms with Crippen LogP contribution < -0.4 is 11.1 Å². The molecule has 2 rings (SSSR count). The number of primary amides is 1. The van der Waals surface area contributed by atoms with Gasteiger partial charge in [0.1, 0.15) is 0 Å². The number of hydrogen-bond acceptors (Lipinski definition) is 2. The molecule has 1 aliphatic heterocycles. The Labute approximate surface area is 66.3 Å². The zero-order valence-electron chi connectivity index (χ0n) is 6.60. The first-order valence-corrected chi connectivity index (χ1v) is 4.26. The molecule has 3 nitrogen and oxygen atoms in total. The van der Waals surface area contributed by atoms with Crippen LogP contribution in [-0.4, -0.2) is 19.0 Å². The van der Waals surface area contributed by atoms with Gasteiger partial charge in [-0.1, -0.05) is 6.42 Å². The van der Waals surface area contributed by atoms with E-state index in [2.05, 4.69) is 5.32 Å². The lowest BCUT2D eigenvalue weighted by molar-refractivity contribution is -0.127. The third-order valence-electron chi connectivity index (χ3n) is 3.28. The summed E-state index contributed by atoms with van der Waals surface area (Å²) in [5.41, 5.74) is 5.23. The van der Waals surface area contributed by atoms with Gasteiger partial charge in [-0.3, -0.25) is 4.79 Å². The maximum Gasteiger partial charge on any atom is 0.225 e. The van der Waals surface area contributed by atoms with Crippen molar-refractivity contribution >= 4 is 5.91 Å². The summed E-state index contributed by atoms with van der Waals surface area (Å²) >= 11 is 0. The molecular formula is C8H14N2O. The zero-order chi connectivity index (χ0) is 7.90. The largest absolute Gasteiger partial charge is 0.369 e. The van der Waals surface area contributed by atoms with Gasteiger partial charge in [0.15, 0.2) is 0 Å². The van der Waals surface area contributed by atoms with Gasteiger partial charge in [-0.05, 0) is 25.3 Å². The summed E-state index contributed by atoms with van der Waals surface area (Å²) in [6.45, 7) is 1.80. The summed E-state index contributed by atoms with van der Waals surface area (Å²) in [5.74, 6) is 0.435. The van der Waals surface area contributed by atoms with Crippen LogP contribution in [0.15, 0.2) is 0 Å². The highest BCUT2D eigenvalue weighted by Gasteiger charge is 2.50. The van der Waals surface area contributed by atoms with Crippen molar-refractivity contribution in [3.05, 3.63) is 0 Å². The number of nitrogens with one attached hydrogen (secondary N) is 1. The fraction of sp³-hybridized carbons (Fsp3) is 0.875. The van der Waals surface area contributed by atoms with Gasteiger partial charge in [-0.2, -0.15) is 0 Å². The van der Waals surface area contributed by atoms with Crippen molar-refractivity contribution in [1.82, 2.24) is 5.32 Å². The number of hydrogen-bond donors (Lipinski definition) is 2. The molecule has 3 heteroatoms. The summed E-state index contributed by atoms with van der Waals surface area (Å²) in [7, 11) is 0. The van der Waals surface area contributed by atoms with Gasteiger partial charge in [0.05, 0.1) is 5.41 Å². The van der Waals surface area contributed by atoms with Crippen LogP contribution >= 0.6 is 0 Å². The summed E-state index contributed by atoms with van der Waals surface area (Å²) in [6.07, 6.45) is 3.35. The molecule has 3 N–H and O–H groups in total. The molecule has 0 unspecified atom stereocenters. The highest BCUT2D eigenvalue weighted by Crippen LogP contribution is 2.45. The van der Waals surface area contributed by atoms with E-state index in [0.29, 0.717) is 5.92 Å². The summed E-state index contributed by atoms with van der Waals surface area (Å²) in [6, 6.07) is 0. The number of rotatable bonds is 1. The molecule has 2 fully saturated rings. The Morgan fingerprint density at radius 3 is 3.09 bits per heavy atom. The van der Waals surface area contributed by atoms with Crippen molar-refractivity contribution in [2.75, 3.05) is 13.1 Å². The molecule has 0 radical (unpaired) electrons. The molecule has 1 heterocycles. The van der Waals surface area contributed by atoms with Gasteiger partial charge < -0.3 is 11.1 Å². The maximum absolute atomic E-state index is 11.2. The van der Waals surface area contributed by atoms with Crippen molar-refractivity contribution in [2.45, 2.75) is 19.3 Å². The first-order chi connectivity index (χ1) is 5.26. The van der Waals surface area contributed by atoms with Gasteiger partial charge in [0.25, 0.3) is 0 Å². The SMILES string of the molecule is NC(=O)[C@]12CCC[C@H]1CNC2. The lowest BCUT2D eigenvalue weighted by atomic mass is 9.80. The van der Waals surface area contributed by atoms with Crippen LogP contribution in [0.4, 0.5) is 0 Å². The quantitative estimate of drug-likeness (QED) is 0.552. The topological polar surface area (TPSA) is 55.1 Å². The van der Waals surface area contributed by atoms with Crippen LogP contribution in [-0.2, 0) is 4.79 Å². The van der Waals surface area contributed by atoms with E-state index in [1.54, 1.807) is 0 Å². The Balaban J connectivity index is 2.26. The average molecular weight is 154 g/mol. The molecule has 1 aliphatic carbocycles. The molecule has 2 aliphatic rings. The first kappa shape index (κ1) is 7.10. The second kappa shape index (κ2) is 2.21. The van der Waals surface area contributed by atoms with Crippen LogP contribution in [0.5, 0.6) is 0 Å². The number of fused-ring (bicyclic) bond motifs is 1. The van der Waals surface area contributed by atoms with E-state index in [0.717, 1.165) is 19.5 Å². The molecule has 0 aromatic rings. The minimum Gasteiger partial charge on any atom is -0.369 e. The number of carbonyl (C=O) groups excluding carboxylic acids is 1. The van der Waals surface area contributed by atoms with E-state index in [1.165, 1.54) is 12.8 Å². The molecule has 0 bridgehead atoms. The molecule has 0 aromatic heterocycles. The minimum atomic E-state index is -0.167. The Kier molecular flexibility index (Phi) is 1.42. The second-order valence-corrected chi connectivity index (χ2v) is 3.74. The van der Waals surface area contributed by atoms with Crippen LogP contribution in [0.25, 0.3) is 0 Å². The molecule has 1 saturated heterocycles. The van der Waals surface area contributed by atoms with Crippen molar-refractivity contribution in [1.29, 1.82) is 0 Å². The van der Waals surface area contributed by atoms with Crippen molar-refractivity contribution in [2.24, 2.45) is 17.1 Å². The molecular weight excluding hydrogens is 140 g/mol. The number of carbonyl (C=O) groups is 1. The molecule has 2 atom stereocenters. The summed E-state index contributed by atoms with van der Waals surface area (Å²) in [4.78, 5) is 11.2. The molecule has 11 heavy (non-hydrogen) atoms. The van der Waals surface area contributed by atoms with E-state index in [9.17, 15) is 4.79 Å². The molecule has 0 aromatic carbocycles. The van der Waals surface area contributed by atoms with E-state index >= 15 is 0 Å². The van der Waals surface area contributed by atoms with Crippen LogP contribution in [0.1, 0.15) is 19.3 Å². The maximum atomic E-state index is 11.2. The number of nitrogens with two attached hydrogens (primary N) is 1. The van der Waals surface area contributed by atoms with Gasteiger partial charge in [0, 0.05) is 6.54 Å². The molecule has 1 amide bonds. The average Bonchev–Trinajstić information content (AvgIpc) is 2.40. The van der Waals surface area contributed by atoms with Crippen molar-refractivity contribution < 1.29 is 4.79 Å². The van der Waals surface area contributed by atoms with Gasteiger partial charge in [-0.25, -0.2) is 0 Å². The standard InChI is InChI=1S/C8H14N2O/c9-7(11)8-3-1-2-6(8)4-10-5-8/h6,10H,1-5H2,(H2,9,11)/t6-,8-/m0/s1. The van der Waals surface area contributed by atoms with E-state index in [-0.39, 0.29) is 11.3 Å². The smallest absolute Gasteiger partial charge is 0.225 e. The normalized spacial score (nSPS) is 42.4. The summed E-state index contributed by atoms with van der Waals surface area (Å²) in [5, 5.41) is 3.25. The highest BCUT2D eigenvalue weighted by molar-refractivity contribution is 5.82. The van der Waals surface area contributed by atoms with Crippen LogP contribution in [0.2, 0.25) is 0 Å². The number of amides is 1. The summed E-state index contributed by atoms with van der Waals surface area (Å²) < 4.78 is 0. The van der Waals surface area contributed by atoms with E-state index < -0.39 is 0 Å². The lowest BCUT2D eigenvalue weighted by Gasteiger charge is -2.23. The third kappa shape index (κ3) is 0.805. The minimum absolute atomic E-state index is 0.0926. The molecule has 62 valence electrons. The Morgan fingerprint density at radius 2 is 2.45 bits per heavy atom. The first-order valence-electron chi connectivity index (χ1n) is 4.26. The van der Waals surface area contributed by atoms with Crippen LogP contribution in [0, 0.1) is 11.3 Å².